The number of hydrogen-bond acceptors (Lipinski definition) is 5. The van der Waals surface area contributed by atoms with Crippen LogP contribution >= 0.6 is 0 Å². The summed E-state index contributed by atoms with van der Waals surface area (Å²) in [6.45, 7) is 1.52. The summed E-state index contributed by atoms with van der Waals surface area (Å²) in [6.07, 6.45) is 3.35. The van der Waals surface area contributed by atoms with Gasteiger partial charge < -0.3 is 9.26 Å². The fourth-order valence-electron chi connectivity index (χ4n) is 2.36. The summed E-state index contributed by atoms with van der Waals surface area (Å²) in [6, 6.07) is 11.7. The molecule has 0 atom stereocenters. The first-order valence-corrected chi connectivity index (χ1v) is 6.95. The Morgan fingerprint density at radius 1 is 1.17 bits per heavy atom. The van der Waals surface area contributed by atoms with Gasteiger partial charge in [-0.15, -0.1) is 0 Å². The number of nitro groups is 1. The molecular weight excluding hydrogens is 296 g/mol. The molecule has 23 heavy (non-hydrogen) atoms. The molecule has 0 aliphatic rings. The zero-order chi connectivity index (χ0) is 16.4. The lowest BCUT2D eigenvalue weighted by Gasteiger charge is -2.03. The normalized spacial score (nSPS) is 11.2. The summed E-state index contributed by atoms with van der Waals surface area (Å²) < 4.78 is 10.1. The summed E-state index contributed by atoms with van der Waals surface area (Å²) in [5.74, 6) is 0.995. The number of benzene rings is 2. The van der Waals surface area contributed by atoms with Crippen LogP contribution < -0.4 is 4.74 Å². The third-order valence-corrected chi connectivity index (χ3v) is 3.54. The third kappa shape index (κ3) is 2.91. The first-order valence-electron chi connectivity index (χ1n) is 6.95. The quantitative estimate of drug-likeness (QED) is 0.532. The molecule has 6 nitrogen and oxygen atoms in total. The Balaban J connectivity index is 1.94. The average molecular weight is 310 g/mol. The highest BCUT2D eigenvalue weighted by Gasteiger charge is 2.21. The van der Waals surface area contributed by atoms with Crippen LogP contribution in [0.15, 0.2) is 40.9 Å². The largest absolute Gasteiger partial charge is 0.497 e. The van der Waals surface area contributed by atoms with Crippen LogP contribution in [0.1, 0.15) is 17.0 Å². The van der Waals surface area contributed by atoms with Gasteiger partial charge in [-0.3, -0.25) is 10.1 Å². The van der Waals surface area contributed by atoms with Gasteiger partial charge in [-0.2, -0.15) is 0 Å². The van der Waals surface area contributed by atoms with Gasteiger partial charge in [-0.05, 0) is 40.6 Å². The minimum absolute atomic E-state index is 0.105. The molecule has 3 aromatic rings. The predicted molar refractivity (Wildman–Crippen MR) is 87.3 cm³/mol. The van der Waals surface area contributed by atoms with E-state index in [0.29, 0.717) is 0 Å². The van der Waals surface area contributed by atoms with Crippen molar-refractivity contribution in [3.8, 4) is 5.75 Å². The molecule has 0 amide bonds. The lowest BCUT2D eigenvalue weighted by molar-refractivity contribution is -0.386. The van der Waals surface area contributed by atoms with Crippen molar-refractivity contribution in [1.82, 2.24) is 5.16 Å². The number of rotatable bonds is 4. The highest BCUT2D eigenvalue weighted by Crippen LogP contribution is 2.26. The maximum atomic E-state index is 11.0. The first-order chi connectivity index (χ1) is 11.1. The Morgan fingerprint density at radius 3 is 2.65 bits per heavy atom. The van der Waals surface area contributed by atoms with Crippen LogP contribution in [0.25, 0.3) is 22.9 Å². The van der Waals surface area contributed by atoms with Crippen LogP contribution in [0, 0.1) is 17.0 Å². The second-order valence-electron chi connectivity index (χ2n) is 5.04. The standard InChI is InChI=1S/C17H14N2O4/c1-11-17(19(20)21)16(18-23-11)8-4-12-3-5-14-10-15(22-2)7-6-13(14)9-12/h3-10H,1-2H3/b8-4+. The van der Waals surface area contributed by atoms with E-state index in [1.807, 2.05) is 36.4 Å². The van der Waals surface area contributed by atoms with Crippen molar-refractivity contribution in [3.05, 3.63) is 63.5 Å². The van der Waals surface area contributed by atoms with Crippen molar-refractivity contribution in [3.63, 3.8) is 0 Å². The molecule has 1 heterocycles. The predicted octanol–water partition coefficient (Wildman–Crippen LogP) is 4.22. The van der Waals surface area contributed by atoms with Crippen LogP contribution in [0.3, 0.4) is 0 Å². The van der Waals surface area contributed by atoms with E-state index in [0.717, 1.165) is 22.1 Å². The zero-order valence-electron chi connectivity index (χ0n) is 12.6. The average Bonchev–Trinajstić information content (AvgIpc) is 2.93. The fourth-order valence-corrected chi connectivity index (χ4v) is 2.36. The highest BCUT2D eigenvalue weighted by molar-refractivity contribution is 5.87. The minimum atomic E-state index is -0.488. The molecule has 1 aromatic heterocycles. The van der Waals surface area contributed by atoms with E-state index in [1.54, 1.807) is 19.3 Å². The van der Waals surface area contributed by atoms with Gasteiger partial charge in [-0.1, -0.05) is 29.4 Å². The highest BCUT2D eigenvalue weighted by atomic mass is 16.6. The summed E-state index contributed by atoms with van der Waals surface area (Å²) in [4.78, 5) is 10.5. The monoisotopic (exact) mass is 310 g/mol. The Kier molecular flexibility index (Phi) is 3.80. The first kappa shape index (κ1) is 14.8. The molecule has 0 spiro atoms. The summed E-state index contributed by atoms with van der Waals surface area (Å²) in [5, 5.41) is 16.8. The molecule has 116 valence electrons. The molecule has 0 saturated carbocycles. The summed E-state index contributed by atoms with van der Waals surface area (Å²) in [7, 11) is 1.63. The van der Waals surface area contributed by atoms with Gasteiger partial charge in [0.15, 0.2) is 5.69 Å². The van der Waals surface area contributed by atoms with Gasteiger partial charge in [0.1, 0.15) is 5.75 Å². The van der Waals surface area contributed by atoms with Gasteiger partial charge in [0.05, 0.1) is 12.0 Å². The molecule has 0 fully saturated rings. The Bertz CT molecular complexity index is 912. The van der Waals surface area contributed by atoms with Gasteiger partial charge in [-0.25, -0.2) is 0 Å². The van der Waals surface area contributed by atoms with Crippen molar-refractivity contribution in [2.24, 2.45) is 0 Å². The lowest BCUT2D eigenvalue weighted by atomic mass is 10.1. The van der Waals surface area contributed by atoms with Crippen LogP contribution in [0.5, 0.6) is 5.75 Å². The Hall–Kier alpha value is -3.15. The minimum Gasteiger partial charge on any atom is -0.497 e. The van der Waals surface area contributed by atoms with Crippen LogP contribution in [-0.4, -0.2) is 17.2 Å². The van der Waals surface area contributed by atoms with Crippen LogP contribution in [0.4, 0.5) is 5.69 Å². The number of ether oxygens (including phenoxy) is 1. The SMILES string of the molecule is COc1ccc2cc(/C=C/c3noc(C)c3[N+](=O)[O-])ccc2c1. The Labute approximate surface area is 132 Å². The van der Waals surface area contributed by atoms with Crippen molar-refractivity contribution < 1.29 is 14.2 Å². The molecule has 0 aliphatic heterocycles. The van der Waals surface area contributed by atoms with Gasteiger partial charge in [0.2, 0.25) is 5.76 Å². The number of methoxy groups -OCH3 is 1. The molecule has 0 N–H and O–H groups in total. The van der Waals surface area contributed by atoms with E-state index in [2.05, 4.69) is 5.16 Å². The zero-order valence-corrected chi connectivity index (χ0v) is 12.6. The van der Waals surface area contributed by atoms with Gasteiger partial charge in [0, 0.05) is 6.92 Å². The van der Waals surface area contributed by atoms with Crippen molar-refractivity contribution >= 4 is 28.6 Å². The number of hydrogen-bond donors (Lipinski definition) is 0. The molecule has 6 heteroatoms. The second kappa shape index (κ2) is 5.92. The second-order valence-corrected chi connectivity index (χ2v) is 5.04. The molecule has 0 bridgehead atoms. The molecule has 0 radical (unpaired) electrons. The molecule has 0 aliphatic carbocycles. The number of aromatic nitrogens is 1. The van der Waals surface area contributed by atoms with Gasteiger partial charge in [0.25, 0.3) is 0 Å². The maximum absolute atomic E-state index is 11.0. The molecule has 3 rings (SSSR count). The van der Waals surface area contributed by atoms with Crippen LogP contribution in [-0.2, 0) is 0 Å². The molecular formula is C17H14N2O4. The molecule has 0 saturated heterocycles. The molecule has 2 aromatic carbocycles. The van der Waals surface area contributed by atoms with Crippen LogP contribution in [0.2, 0.25) is 0 Å². The van der Waals surface area contributed by atoms with Crippen molar-refractivity contribution in [1.29, 1.82) is 0 Å². The summed E-state index contributed by atoms with van der Waals surface area (Å²) >= 11 is 0. The topological polar surface area (TPSA) is 78.4 Å². The Morgan fingerprint density at radius 2 is 1.91 bits per heavy atom. The number of fused-ring (bicyclic) bond motifs is 1. The van der Waals surface area contributed by atoms with E-state index >= 15 is 0 Å². The lowest BCUT2D eigenvalue weighted by Crippen LogP contribution is -1.90. The third-order valence-electron chi connectivity index (χ3n) is 3.54. The summed E-state index contributed by atoms with van der Waals surface area (Å²) in [5.41, 5.74) is 1.02. The number of nitrogens with zero attached hydrogens (tertiary/aromatic N) is 2. The van der Waals surface area contributed by atoms with E-state index in [-0.39, 0.29) is 17.1 Å². The van der Waals surface area contributed by atoms with E-state index < -0.39 is 4.92 Å². The fraction of sp³-hybridized carbons (Fsp3) is 0.118. The van der Waals surface area contributed by atoms with Gasteiger partial charge >= 0.3 is 5.69 Å². The van der Waals surface area contributed by atoms with Crippen molar-refractivity contribution in [2.75, 3.05) is 7.11 Å². The van der Waals surface area contributed by atoms with E-state index in [4.69, 9.17) is 9.26 Å². The smallest absolute Gasteiger partial charge is 0.338 e. The number of aryl methyl sites for hydroxylation is 1. The van der Waals surface area contributed by atoms with Crippen molar-refractivity contribution in [2.45, 2.75) is 6.92 Å². The van der Waals surface area contributed by atoms with E-state index in [1.165, 1.54) is 6.92 Å². The molecule has 0 unspecified atom stereocenters. The maximum Gasteiger partial charge on any atom is 0.338 e. The van der Waals surface area contributed by atoms with E-state index in [9.17, 15) is 10.1 Å².